The molecule has 0 radical (unpaired) electrons. The molecule has 1 aliphatic rings. The molecular weight excluding hydrogens is 256 g/mol. The summed E-state index contributed by atoms with van der Waals surface area (Å²) in [5.74, 6) is -0.587. The molecule has 0 unspecified atom stereocenters. The largest absolute Gasteiger partial charge is 0.478 e. The second kappa shape index (κ2) is 6.56. The molecule has 1 aliphatic heterocycles. The standard InChI is InChI=1S/C14H22N4O2/c1-2-5-18-6-3-11(4-7-18)17-13-12(14(19)20)8-10(15)9-16-13/h8-9,11H,2-7,15H2,1H3,(H,16,17)(H,19,20). The Bertz CT molecular complexity index is 470. The number of rotatable bonds is 5. The van der Waals surface area contributed by atoms with Gasteiger partial charge in [0.15, 0.2) is 0 Å². The molecule has 20 heavy (non-hydrogen) atoms. The molecule has 0 saturated carbocycles. The fraction of sp³-hybridized carbons (Fsp3) is 0.571. The average Bonchev–Trinajstić information content (AvgIpc) is 2.43. The van der Waals surface area contributed by atoms with E-state index in [-0.39, 0.29) is 11.6 Å². The van der Waals surface area contributed by atoms with Gasteiger partial charge in [-0.3, -0.25) is 0 Å². The van der Waals surface area contributed by atoms with Gasteiger partial charge in [0.25, 0.3) is 0 Å². The molecule has 0 amide bonds. The van der Waals surface area contributed by atoms with Crippen molar-refractivity contribution in [3.05, 3.63) is 17.8 Å². The van der Waals surface area contributed by atoms with Crippen molar-refractivity contribution in [1.82, 2.24) is 9.88 Å². The van der Waals surface area contributed by atoms with E-state index >= 15 is 0 Å². The number of nitrogens with zero attached hydrogens (tertiary/aromatic N) is 2. The van der Waals surface area contributed by atoms with Crippen LogP contribution < -0.4 is 11.1 Å². The number of pyridine rings is 1. The zero-order valence-electron chi connectivity index (χ0n) is 11.8. The molecule has 1 aromatic rings. The summed E-state index contributed by atoms with van der Waals surface area (Å²) in [6.07, 6.45) is 4.66. The number of nitrogens with one attached hydrogen (secondary N) is 1. The van der Waals surface area contributed by atoms with Crippen LogP contribution in [-0.2, 0) is 0 Å². The molecule has 110 valence electrons. The second-order valence-corrected chi connectivity index (χ2v) is 5.23. The summed E-state index contributed by atoms with van der Waals surface area (Å²) >= 11 is 0. The molecule has 0 aromatic carbocycles. The first-order valence-corrected chi connectivity index (χ1v) is 7.08. The van der Waals surface area contributed by atoms with Gasteiger partial charge < -0.3 is 21.1 Å². The van der Waals surface area contributed by atoms with Crippen molar-refractivity contribution in [2.45, 2.75) is 32.2 Å². The number of hydrogen-bond acceptors (Lipinski definition) is 5. The molecule has 2 rings (SSSR count). The number of nitrogen functional groups attached to an aromatic ring is 1. The molecule has 2 heterocycles. The molecular formula is C14H22N4O2. The number of piperidine rings is 1. The minimum absolute atomic E-state index is 0.140. The fourth-order valence-corrected chi connectivity index (χ4v) is 2.57. The van der Waals surface area contributed by atoms with E-state index in [1.165, 1.54) is 18.7 Å². The maximum atomic E-state index is 11.2. The molecule has 4 N–H and O–H groups in total. The van der Waals surface area contributed by atoms with Gasteiger partial charge in [-0.05, 0) is 31.9 Å². The van der Waals surface area contributed by atoms with Crippen LogP contribution in [0.2, 0.25) is 0 Å². The van der Waals surface area contributed by atoms with Crippen LogP contribution in [0.15, 0.2) is 12.3 Å². The highest BCUT2D eigenvalue weighted by Crippen LogP contribution is 2.20. The summed E-state index contributed by atoms with van der Waals surface area (Å²) in [5, 5.41) is 12.4. The summed E-state index contributed by atoms with van der Waals surface area (Å²) < 4.78 is 0. The van der Waals surface area contributed by atoms with Crippen LogP contribution in [0.5, 0.6) is 0 Å². The highest BCUT2D eigenvalue weighted by molar-refractivity contribution is 5.94. The molecule has 0 spiro atoms. The van der Waals surface area contributed by atoms with Gasteiger partial charge in [-0.15, -0.1) is 0 Å². The van der Waals surface area contributed by atoms with Gasteiger partial charge in [0.05, 0.1) is 11.9 Å². The number of aromatic nitrogens is 1. The Morgan fingerprint density at radius 3 is 2.85 bits per heavy atom. The van der Waals surface area contributed by atoms with Gasteiger partial charge in [0, 0.05) is 19.1 Å². The molecule has 1 saturated heterocycles. The van der Waals surface area contributed by atoms with Crippen LogP contribution >= 0.6 is 0 Å². The zero-order valence-corrected chi connectivity index (χ0v) is 11.8. The maximum Gasteiger partial charge on any atom is 0.339 e. The van der Waals surface area contributed by atoms with E-state index in [0.29, 0.717) is 11.5 Å². The topological polar surface area (TPSA) is 91.5 Å². The Kier molecular flexibility index (Phi) is 4.79. The second-order valence-electron chi connectivity index (χ2n) is 5.23. The maximum absolute atomic E-state index is 11.2. The molecule has 0 atom stereocenters. The van der Waals surface area contributed by atoms with Crippen molar-refractivity contribution in [3.8, 4) is 0 Å². The van der Waals surface area contributed by atoms with Gasteiger partial charge in [0.1, 0.15) is 11.4 Å². The number of carbonyl (C=O) groups is 1. The van der Waals surface area contributed by atoms with Crippen molar-refractivity contribution in [2.24, 2.45) is 0 Å². The first kappa shape index (κ1) is 14.6. The van der Waals surface area contributed by atoms with Gasteiger partial charge >= 0.3 is 5.97 Å². The Morgan fingerprint density at radius 1 is 1.55 bits per heavy atom. The number of aromatic carboxylic acids is 1. The number of nitrogens with two attached hydrogens (primary N) is 1. The number of carboxylic acids is 1. The predicted octanol–water partition coefficient (Wildman–Crippen LogP) is 1.65. The lowest BCUT2D eigenvalue weighted by atomic mass is 10.0. The Hall–Kier alpha value is -1.82. The Balaban J connectivity index is 1.99. The van der Waals surface area contributed by atoms with E-state index in [9.17, 15) is 9.90 Å². The van der Waals surface area contributed by atoms with Crippen LogP contribution in [0.3, 0.4) is 0 Å². The molecule has 0 bridgehead atoms. The smallest absolute Gasteiger partial charge is 0.339 e. The third kappa shape index (κ3) is 3.60. The first-order valence-electron chi connectivity index (χ1n) is 7.08. The summed E-state index contributed by atoms with van der Waals surface area (Å²) in [5.41, 5.74) is 6.10. The minimum atomic E-state index is -1.00. The van der Waals surface area contributed by atoms with E-state index in [2.05, 4.69) is 22.1 Å². The lowest BCUT2D eigenvalue weighted by molar-refractivity contribution is 0.0697. The van der Waals surface area contributed by atoms with Crippen molar-refractivity contribution in [1.29, 1.82) is 0 Å². The van der Waals surface area contributed by atoms with Crippen LogP contribution in [0.25, 0.3) is 0 Å². The van der Waals surface area contributed by atoms with E-state index in [1.54, 1.807) is 0 Å². The number of hydrogen-bond donors (Lipinski definition) is 3. The van der Waals surface area contributed by atoms with Crippen LogP contribution in [0, 0.1) is 0 Å². The van der Waals surface area contributed by atoms with E-state index in [0.717, 1.165) is 32.5 Å². The van der Waals surface area contributed by atoms with E-state index < -0.39 is 5.97 Å². The molecule has 6 nitrogen and oxygen atoms in total. The van der Waals surface area contributed by atoms with Crippen LogP contribution in [0.4, 0.5) is 11.5 Å². The summed E-state index contributed by atoms with van der Waals surface area (Å²) in [7, 11) is 0. The lowest BCUT2D eigenvalue weighted by Gasteiger charge is -2.32. The van der Waals surface area contributed by atoms with Crippen molar-refractivity contribution < 1.29 is 9.90 Å². The number of carboxylic acid groups (broad SMARTS) is 1. The van der Waals surface area contributed by atoms with Crippen molar-refractivity contribution in [3.63, 3.8) is 0 Å². The molecule has 1 aromatic heterocycles. The minimum Gasteiger partial charge on any atom is -0.478 e. The summed E-state index contributed by atoms with van der Waals surface area (Å²) in [4.78, 5) is 17.8. The summed E-state index contributed by atoms with van der Waals surface area (Å²) in [6.45, 7) is 5.40. The van der Waals surface area contributed by atoms with Crippen LogP contribution in [-0.4, -0.2) is 46.6 Å². The average molecular weight is 278 g/mol. The normalized spacial score (nSPS) is 17.1. The van der Waals surface area contributed by atoms with Gasteiger partial charge in [0.2, 0.25) is 0 Å². The molecule has 6 heteroatoms. The SMILES string of the molecule is CCCN1CCC(Nc2ncc(N)cc2C(=O)O)CC1. The van der Waals surface area contributed by atoms with Gasteiger partial charge in [-0.25, -0.2) is 9.78 Å². The highest BCUT2D eigenvalue weighted by atomic mass is 16.4. The lowest BCUT2D eigenvalue weighted by Crippen LogP contribution is -2.39. The third-order valence-corrected chi connectivity index (χ3v) is 3.61. The van der Waals surface area contributed by atoms with E-state index in [4.69, 9.17) is 5.73 Å². The van der Waals surface area contributed by atoms with Gasteiger partial charge in [-0.2, -0.15) is 0 Å². The molecule has 1 fully saturated rings. The third-order valence-electron chi connectivity index (χ3n) is 3.61. The number of likely N-dealkylation sites (tertiary alicyclic amines) is 1. The van der Waals surface area contributed by atoms with Crippen LogP contribution in [0.1, 0.15) is 36.5 Å². The summed E-state index contributed by atoms with van der Waals surface area (Å²) in [6, 6.07) is 1.72. The van der Waals surface area contributed by atoms with Crippen molar-refractivity contribution in [2.75, 3.05) is 30.7 Å². The Morgan fingerprint density at radius 2 is 2.25 bits per heavy atom. The highest BCUT2D eigenvalue weighted by Gasteiger charge is 2.21. The Labute approximate surface area is 119 Å². The quantitative estimate of drug-likeness (QED) is 0.758. The first-order chi connectivity index (χ1) is 9.60. The van der Waals surface area contributed by atoms with E-state index in [1.807, 2.05) is 0 Å². The monoisotopic (exact) mass is 278 g/mol. The fourth-order valence-electron chi connectivity index (χ4n) is 2.57. The van der Waals surface area contributed by atoms with Crippen molar-refractivity contribution >= 4 is 17.5 Å². The van der Waals surface area contributed by atoms with Gasteiger partial charge in [-0.1, -0.05) is 6.92 Å². The zero-order chi connectivity index (χ0) is 14.5. The molecule has 0 aliphatic carbocycles. The number of anilines is 2. The predicted molar refractivity (Wildman–Crippen MR) is 79.0 cm³/mol.